The second kappa shape index (κ2) is 9.65. The zero-order valence-electron chi connectivity index (χ0n) is 16.9. The molecule has 1 aliphatic rings. The lowest BCUT2D eigenvalue weighted by atomic mass is 10.0. The largest absolute Gasteiger partial charge is 0.511 e. The molecule has 0 N–H and O–H groups in total. The van der Waals surface area contributed by atoms with Crippen molar-refractivity contribution in [3.8, 4) is 11.5 Å². The number of nitrogens with zero attached hydrogens (tertiary/aromatic N) is 1. The van der Waals surface area contributed by atoms with Gasteiger partial charge in [-0.25, -0.2) is 18.0 Å². The van der Waals surface area contributed by atoms with Crippen molar-refractivity contribution >= 4 is 27.9 Å². The van der Waals surface area contributed by atoms with E-state index in [0.29, 0.717) is 17.1 Å². The Kier molecular flexibility index (Phi) is 7.48. The quantitative estimate of drug-likeness (QED) is 0.330. The number of ether oxygens (including phenoxy) is 5. The number of carbonyl (C=O) groups is 3. The molecule has 2 atom stereocenters. The Labute approximate surface area is 173 Å². The van der Waals surface area contributed by atoms with E-state index < -0.39 is 34.4 Å². The number of hydrogen-bond acceptors (Lipinski definition) is 10. The fraction of sp³-hybridized carbons (Fsp3) is 0.500. The van der Waals surface area contributed by atoms with Gasteiger partial charge in [-0.2, -0.15) is 0 Å². The van der Waals surface area contributed by atoms with Crippen molar-refractivity contribution < 1.29 is 46.5 Å². The predicted molar refractivity (Wildman–Crippen MR) is 102 cm³/mol. The Balaban J connectivity index is 1.85. The van der Waals surface area contributed by atoms with E-state index in [-0.39, 0.29) is 24.9 Å². The van der Waals surface area contributed by atoms with E-state index >= 15 is 0 Å². The number of rotatable bonds is 8. The van der Waals surface area contributed by atoms with Crippen molar-refractivity contribution in [2.24, 2.45) is 0 Å². The number of sulfone groups is 1. The number of fused-ring (bicyclic) bond motifs is 1. The first kappa shape index (κ1) is 23.3. The molecule has 0 saturated heterocycles. The summed E-state index contributed by atoms with van der Waals surface area (Å²) in [6, 6.07) is 3.81. The number of likely N-dealkylation sites (N-methyl/N-ethyl adjacent to an activating group) is 1. The zero-order valence-corrected chi connectivity index (χ0v) is 17.8. The van der Waals surface area contributed by atoms with Crippen molar-refractivity contribution in [3.05, 3.63) is 23.8 Å². The third-order valence-electron chi connectivity index (χ3n) is 4.11. The molecule has 1 aromatic carbocycles. The summed E-state index contributed by atoms with van der Waals surface area (Å²) >= 11 is 0. The van der Waals surface area contributed by atoms with Crippen LogP contribution < -0.4 is 9.47 Å². The summed E-state index contributed by atoms with van der Waals surface area (Å²) < 4.78 is 46.7. The van der Waals surface area contributed by atoms with Gasteiger partial charge in [-0.05, 0) is 25.1 Å². The lowest BCUT2D eigenvalue weighted by Gasteiger charge is -2.25. The maximum atomic E-state index is 12.7. The van der Waals surface area contributed by atoms with Crippen LogP contribution in [-0.4, -0.2) is 76.1 Å². The van der Waals surface area contributed by atoms with Gasteiger partial charge in [0.25, 0.3) is 0 Å². The Hall–Kier alpha value is -3.02. The Morgan fingerprint density at radius 1 is 1.13 bits per heavy atom. The van der Waals surface area contributed by atoms with Crippen LogP contribution in [0.4, 0.5) is 9.59 Å². The molecule has 0 aromatic heterocycles. The molecule has 0 saturated carbocycles. The van der Waals surface area contributed by atoms with Crippen LogP contribution in [0.25, 0.3) is 0 Å². The van der Waals surface area contributed by atoms with Gasteiger partial charge in [0.1, 0.15) is 6.61 Å². The van der Waals surface area contributed by atoms with Crippen LogP contribution in [0.2, 0.25) is 0 Å². The van der Waals surface area contributed by atoms with E-state index in [1.807, 2.05) is 0 Å². The molecule has 2 rings (SSSR count). The van der Waals surface area contributed by atoms with E-state index in [2.05, 4.69) is 4.74 Å². The van der Waals surface area contributed by atoms with Gasteiger partial charge < -0.3 is 28.6 Å². The van der Waals surface area contributed by atoms with Crippen LogP contribution in [0.3, 0.4) is 0 Å². The smallest absolute Gasteiger partial charge is 0.454 e. The van der Waals surface area contributed by atoms with Crippen LogP contribution in [0, 0.1) is 0 Å². The van der Waals surface area contributed by atoms with Crippen molar-refractivity contribution in [2.45, 2.75) is 26.2 Å². The highest BCUT2D eigenvalue weighted by molar-refractivity contribution is 7.90. The molecule has 0 bridgehead atoms. The minimum Gasteiger partial charge on any atom is -0.454 e. The Morgan fingerprint density at radius 3 is 2.47 bits per heavy atom. The molecule has 1 aliphatic heterocycles. The summed E-state index contributed by atoms with van der Waals surface area (Å²) in [5.74, 6) is 0.246. The van der Waals surface area contributed by atoms with Gasteiger partial charge in [0.15, 0.2) is 27.1 Å². The average Bonchev–Trinajstić information content (AvgIpc) is 3.12. The van der Waals surface area contributed by atoms with Gasteiger partial charge >= 0.3 is 12.2 Å². The standard InChI is InChI=1S/C18H23NO10S/c1-11(16(20)13-5-6-14-15(9-13)27-10-26-14)19(3)17(21)28-12(2)29-18(22)25-7-8-30(4,23)24/h5-6,9,11-12H,7-8,10H2,1-4H3. The molecular formula is C18H23NO10S. The van der Waals surface area contributed by atoms with Crippen LogP contribution in [-0.2, 0) is 24.0 Å². The van der Waals surface area contributed by atoms with Gasteiger partial charge in [0, 0.05) is 25.8 Å². The second-order valence-corrected chi connectivity index (χ2v) is 8.78. The van der Waals surface area contributed by atoms with Crippen LogP contribution in [0.15, 0.2) is 18.2 Å². The normalized spacial score (nSPS) is 14.4. The van der Waals surface area contributed by atoms with E-state index in [4.69, 9.17) is 18.9 Å². The number of hydrogen-bond donors (Lipinski definition) is 0. The van der Waals surface area contributed by atoms with Crippen molar-refractivity contribution in [3.63, 3.8) is 0 Å². The highest BCUT2D eigenvalue weighted by Crippen LogP contribution is 2.33. The maximum absolute atomic E-state index is 12.7. The molecule has 0 fully saturated rings. The van der Waals surface area contributed by atoms with Crippen LogP contribution >= 0.6 is 0 Å². The van der Waals surface area contributed by atoms with Crippen LogP contribution in [0.1, 0.15) is 24.2 Å². The molecule has 2 unspecified atom stereocenters. The predicted octanol–water partition coefficient (Wildman–Crippen LogP) is 1.60. The Morgan fingerprint density at radius 2 is 1.80 bits per heavy atom. The van der Waals surface area contributed by atoms with Gasteiger partial charge in [-0.15, -0.1) is 0 Å². The average molecular weight is 445 g/mol. The lowest BCUT2D eigenvalue weighted by Crippen LogP contribution is -2.42. The topological polar surface area (TPSA) is 135 Å². The Bertz CT molecular complexity index is 914. The summed E-state index contributed by atoms with van der Waals surface area (Å²) in [5, 5.41) is 0. The number of carbonyl (C=O) groups excluding carboxylic acids is 3. The highest BCUT2D eigenvalue weighted by Gasteiger charge is 2.28. The summed E-state index contributed by atoms with van der Waals surface area (Å²) in [6.45, 7) is 2.47. The number of Topliss-reactive ketones (excluding diaryl/α,β-unsaturated/α-hetero) is 1. The fourth-order valence-corrected chi connectivity index (χ4v) is 2.71. The molecule has 12 heteroatoms. The molecule has 0 radical (unpaired) electrons. The summed E-state index contributed by atoms with van der Waals surface area (Å²) in [7, 11) is -1.94. The second-order valence-electron chi connectivity index (χ2n) is 6.52. The van der Waals surface area contributed by atoms with Crippen molar-refractivity contribution in [2.75, 3.05) is 32.5 Å². The number of amides is 1. The molecule has 1 aromatic rings. The summed E-state index contributed by atoms with van der Waals surface area (Å²) in [6.07, 6.45) is -2.42. The van der Waals surface area contributed by atoms with Gasteiger partial charge in [-0.3, -0.25) is 4.79 Å². The van der Waals surface area contributed by atoms with Gasteiger partial charge in [0.05, 0.1) is 11.8 Å². The first-order valence-electron chi connectivity index (χ1n) is 8.86. The third-order valence-corrected chi connectivity index (χ3v) is 5.02. The summed E-state index contributed by atoms with van der Waals surface area (Å²) in [5.41, 5.74) is 0.324. The highest BCUT2D eigenvalue weighted by atomic mass is 32.2. The lowest BCUT2D eigenvalue weighted by molar-refractivity contribution is -0.0815. The molecule has 166 valence electrons. The zero-order chi connectivity index (χ0) is 22.5. The van der Waals surface area contributed by atoms with E-state index in [9.17, 15) is 22.8 Å². The molecule has 0 aliphatic carbocycles. The fourth-order valence-electron chi connectivity index (χ4n) is 2.32. The monoisotopic (exact) mass is 445 g/mol. The van der Waals surface area contributed by atoms with Crippen molar-refractivity contribution in [1.82, 2.24) is 4.90 Å². The first-order valence-corrected chi connectivity index (χ1v) is 10.9. The van der Waals surface area contributed by atoms with Crippen molar-refractivity contribution in [1.29, 1.82) is 0 Å². The number of benzene rings is 1. The SMILES string of the molecule is CC(OC(=O)OCCS(C)(=O)=O)OC(=O)N(C)C(C)C(=O)c1ccc2c(c1)OCO2. The van der Waals surface area contributed by atoms with Crippen LogP contribution in [0.5, 0.6) is 11.5 Å². The molecule has 1 amide bonds. The molecule has 30 heavy (non-hydrogen) atoms. The molecular weight excluding hydrogens is 422 g/mol. The maximum Gasteiger partial charge on any atom is 0.511 e. The minimum absolute atomic E-state index is 0.0728. The summed E-state index contributed by atoms with van der Waals surface area (Å²) in [4.78, 5) is 37.4. The first-order chi connectivity index (χ1) is 14.0. The van der Waals surface area contributed by atoms with E-state index in [0.717, 1.165) is 11.2 Å². The van der Waals surface area contributed by atoms with E-state index in [1.165, 1.54) is 27.0 Å². The minimum atomic E-state index is -3.29. The molecule has 11 nitrogen and oxygen atoms in total. The van der Waals surface area contributed by atoms with Gasteiger partial charge in [0.2, 0.25) is 13.1 Å². The number of ketones is 1. The van der Waals surface area contributed by atoms with E-state index in [1.54, 1.807) is 12.1 Å². The third kappa shape index (κ3) is 6.51. The molecule has 1 heterocycles. The molecule has 0 spiro atoms. The van der Waals surface area contributed by atoms with Gasteiger partial charge in [-0.1, -0.05) is 0 Å².